The molecule has 7 heteroatoms. The van der Waals surface area contributed by atoms with Crippen LogP contribution in [0.3, 0.4) is 0 Å². The molecule has 3 N–H and O–H groups in total. The Balaban J connectivity index is 1.77. The molecule has 22 heavy (non-hydrogen) atoms. The normalized spacial score (nSPS) is 10.2. The lowest BCUT2D eigenvalue weighted by Crippen LogP contribution is -2.28. The Morgan fingerprint density at radius 3 is 2.64 bits per heavy atom. The number of benzene rings is 1. The molecule has 6 nitrogen and oxygen atoms in total. The van der Waals surface area contributed by atoms with Crippen molar-refractivity contribution in [2.24, 2.45) is 0 Å². The zero-order valence-electron chi connectivity index (χ0n) is 12.2. The van der Waals surface area contributed by atoms with Gasteiger partial charge in [0, 0.05) is 17.4 Å². The number of nitrogens with one attached hydrogen (secondary N) is 1. The molecule has 0 bridgehead atoms. The van der Waals surface area contributed by atoms with Crippen molar-refractivity contribution >= 4 is 28.2 Å². The van der Waals surface area contributed by atoms with Crippen LogP contribution < -0.4 is 15.8 Å². The van der Waals surface area contributed by atoms with Crippen molar-refractivity contribution < 1.29 is 14.3 Å². The molecule has 1 heterocycles. The van der Waals surface area contributed by atoms with Gasteiger partial charge in [-0.15, -0.1) is 11.3 Å². The second kappa shape index (κ2) is 7.56. The molecule has 0 saturated carbocycles. The summed E-state index contributed by atoms with van der Waals surface area (Å²) < 4.78 is 5.36. The average Bonchev–Trinajstić information content (AvgIpc) is 2.96. The van der Waals surface area contributed by atoms with Gasteiger partial charge in [-0.2, -0.15) is 0 Å². The van der Waals surface area contributed by atoms with E-state index in [1.807, 2.05) is 6.92 Å². The Bertz CT molecular complexity index is 652. The second-order valence-corrected chi connectivity index (χ2v) is 5.43. The van der Waals surface area contributed by atoms with Crippen molar-refractivity contribution in [1.29, 1.82) is 0 Å². The maximum absolute atomic E-state index is 11.7. The number of ether oxygens (including phenoxy) is 1. The van der Waals surface area contributed by atoms with E-state index in [2.05, 4.69) is 10.3 Å². The van der Waals surface area contributed by atoms with Gasteiger partial charge in [0.2, 0.25) is 0 Å². The first kappa shape index (κ1) is 16.0. The van der Waals surface area contributed by atoms with Gasteiger partial charge in [0.05, 0.1) is 12.2 Å². The van der Waals surface area contributed by atoms with Gasteiger partial charge in [0.25, 0.3) is 5.91 Å². The number of amides is 1. The van der Waals surface area contributed by atoms with E-state index in [1.54, 1.807) is 29.6 Å². The molecule has 2 rings (SSSR count). The highest BCUT2D eigenvalue weighted by Gasteiger charge is 2.06. The lowest BCUT2D eigenvalue weighted by atomic mass is 10.1. The van der Waals surface area contributed by atoms with E-state index >= 15 is 0 Å². The molecule has 0 fully saturated rings. The smallest absolute Gasteiger partial charge is 0.258 e. The fourth-order valence-corrected chi connectivity index (χ4v) is 2.30. The number of carbonyl (C=O) groups excluding carboxylic acids is 2. The number of Topliss-reactive ketones (excluding diaryl/α,β-unsaturated/α-hetero) is 1. The number of anilines is 1. The largest absolute Gasteiger partial charge is 0.484 e. The van der Waals surface area contributed by atoms with Crippen LogP contribution in [0.25, 0.3) is 0 Å². The van der Waals surface area contributed by atoms with Crippen LogP contribution in [-0.4, -0.2) is 23.3 Å². The van der Waals surface area contributed by atoms with Crippen LogP contribution in [0.15, 0.2) is 29.6 Å². The molecule has 0 aliphatic carbocycles. The van der Waals surface area contributed by atoms with E-state index < -0.39 is 0 Å². The molecule has 0 radical (unpaired) electrons. The number of ketones is 1. The van der Waals surface area contributed by atoms with Gasteiger partial charge < -0.3 is 15.8 Å². The number of aromatic nitrogens is 1. The van der Waals surface area contributed by atoms with Crippen LogP contribution in [-0.2, 0) is 11.3 Å². The predicted octanol–water partition coefficient (Wildman–Crippen LogP) is 2.01. The third-order valence-electron chi connectivity index (χ3n) is 2.90. The average molecular weight is 319 g/mol. The Hall–Kier alpha value is -2.41. The summed E-state index contributed by atoms with van der Waals surface area (Å²) in [6, 6.07) is 6.74. The Labute approximate surface area is 132 Å². The predicted molar refractivity (Wildman–Crippen MR) is 84.9 cm³/mol. The highest BCUT2D eigenvalue weighted by Crippen LogP contribution is 2.13. The van der Waals surface area contributed by atoms with Crippen molar-refractivity contribution in [1.82, 2.24) is 10.3 Å². The van der Waals surface area contributed by atoms with Gasteiger partial charge in [-0.25, -0.2) is 4.98 Å². The molecule has 1 aromatic carbocycles. The number of rotatable bonds is 7. The topological polar surface area (TPSA) is 94.3 Å². The SMILES string of the molecule is CCC(=O)c1ccc(OCC(=O)NCc2csc(N)n2)cc1. The van der Waals surface area contributed by atoms with Crippen LogP contribution in [0.5, 0.6) is 5.75 Å². The highest BCUT2D eigenvalue weighted by molar-refractivity contribution is 7.13. The second-order valence-electron chi connectivity index (χ2n) is 4.54. The number of hydrogen-bond acceptors (Lipinski definition) is 6. The first-order valence-corrected chi connectivity index (χ1v) is 7.69. The standard InChI is InChI=1S/C15H17N3O3S/c1-2-13(19)10-3-5-12(6-4-10)21-8-14(20)17-7-11-9-22-15(16)18-11/h3-6,9H,2,7-8H2,1H3,(H2,16,18)(H,17,20). The van der Waals surface area contributed by atoms with E-state index in [0.29, 0.717) is 29.4 Å². The van der Waals surface area contributed by atoms with Crippen LogP contribution in [0.2, 0.25) is 0 Å². The monoisotopic (exact) mass is 319 g/mol. The van der Waals surface area contributed by atoms with Crippen molar-refractivity contribution in [2.45, 2.75) is 19.9 Å². The molecule has 0 aliphatic rings. The molecule has 116 valence electrons. The number of hydrogen-bond donors (Lipinski definition) is 2. The van der Waals surface area contributed by atoms with E-state index in [9.17, 15) is 9.59 Å². The molecule has 0 aliphatic heterocycles. The van der Waals surface area contributed by atoms with E-state index in [-0.39, 0.29) is 18.3 Å². The Morgan fingerprint density at radius 1 is 1.32 bits per heavy atom. The zero-order chi connectivity index (χ0) is 15.9. The maximum atomic E-state index is 11.7. The summed E-state index contributed by atoms with van der Waals surface area (Å²) in [4.78, 5) is 27.2. The molecular formula is C15H17N3O3S. The molecule has 1 aromatic heterocycles. The van der Waals surface area contributed by atoms with E-state index in [0.717, 1.165) is 5.69 Å². The van der Waals surface area contributed by atoms with Crippen LogP contribution in [0, 0.1) is 0 Å². The summed E-state index contributed by atoms with van der Waals surface area (Å²) in [5.41, 5.74) is 6.87. The highest BCUT2D eigenvalue weighted by atomic mass is 32.1. The van der Waals surface area contributed by atoms with Crippen LogP contribution in [0.1, 0.15) is 29.4 Å². The summed E-state index contributed by atoms with van der Waals surface area (Å²) >= 11 is 1.33. The first-order valence-electron chi connectivity index (χ1n) is 6.81. The molecular weight excluding hydrogens is 302 g/mol. The summed E-state index contributed by atoms with van der Waals surface area (Å²) in [5, 5.41) is 4.96. The quantitative estimate of drug-likeness (QED) is 0.761. The summed E-state index contributed by atoms with van der Waals surface area (Å²) in [5.74, 6) is 0.368. The number of nitrogen functional groups attached to an aromatic ring is 1. The van der Waals surface area contributed by atoms with Gasteiger partial charge in [0.15, 0.2) is 17.5 Å². The minimum absolute atomic E-state index is 0.0758. The van der Waals surface area contributed by atoms with E-state index in [1.165, 1.54) is 11.3 Å². The van der Waals surface area contributed by atoms with Crippen molar-refractivity contribution in [3.05, 3.63) is 40.9 Å². The molecule has 2 aromatic rings. The maximum Gasteiger partial charge on any atom is 0.258 e. The van der Waals surface area contributed by atoms with Crippen LogP contribution in [0.4, 0.5) is 5.13 Å². The molecule has 0 saturated heterocycles. The zero-order valence-corrected chi connectivity index (χ0v) is 13.0. The van der Waals surface area contributed by atoms with Gasteiger partial charge in [-0.3, -0.25) is 9.59 Å². The van der Waals surface area contributed by atoms with Gasteiger partial charge in [-0.1, -0.05) is 6.92 Å². The van der Waals surface area contributed by atoms with Crippen molar-refractivity contribution in [3.63, 3.8) is 0 Å². The lowest BCUT2D eigenvalue weighted by molar-refractivity contribution is -0.123. The third kappa shape index (κ3) is 4.56. The molecule has 1 amide bonds. The summed E-state index contributed by atoms with van der Waals surface area (Å²) in [7, 11) is 0. The molecule has 0 spiro atoms. The number of nitrogens with zero attached hydrogens (tertiary/aromatic N) is 1. The lowest BCUT2D eigenvalue weighted by Gasteiger charge is -2.07. The summed E-state index contributed by atoms with van der Waals surface area (Å²) in [6.07, 6.45) is 0.462. The number of nitrogens with two attached hydrogens (primary N) is 1. The van der Waals surface area contributed by atoms with Crippen molar-refractivity contribution in [3.8, 4) is 5.75 Å². The fraction of sp³-hybridized carbons (Fsp3) is 0.267. The molecule has 0 unspecified atom stereocenters. The van der Waals surface area contributed by atoms with Crippen LogP contribution >= 0.6 is 11.3 Å². The summed E-state index contributed by atoms with van der Waals surface area (Å²) in [6.45, 7) is 2.04. The fourth-order valence-electron chi connectivity index (χ4n) is 1.73. The Morgan fingerprint density at radius 2 is 2.05 bits per heavy atom. The van der Waals surface area contributed by atoms with E-state index in [4.69, 9.17) is 10.5 Å². The molecule has 0 atom stereocenters. The Kier molecular flexibility index (Phi) is 5.48. The minimum Gasteiger partial charge on any atom is -0.484 e. The first-order chi connectivity index (χ1) is 10.6. The van der Waals surface area contributed by atoms with Gasteiger partial charge in [-0.05, 0) is 24.3 Å². The number of thiazole rings is 1. The van der Waals surface area contributed by atoms with Gasteiger partial charge >= 0.3 is 0 Å². The third-order valence-corrected chi connectivity index (χ3v) is 3.63. The minimum atomic E-state index is -0.250. The van der Waals surface area contributed by atoms with Crippen molar-refractivity contribution in [2.75, 3.05) is 12.3 Å². The number of carbonyl (C=O) groups is 2. The van der Waals surface area contributed by atoms with Gasteiger partial charge in [0.1, 0.15) is 5.75 Å².